The summed E-state index contributed by atoms with van der Waals surface area (Å²) in [6, 6.07) is 10.6. The van der Waals surface area contributed by atoms with Crippen LogP contribution in [0.3, 0.4) is 0 Å². The maximum absolute atomic E-state index is 13.0. The summed E-state index contributed by atoms with van der Waals surface area (Å²) in [5.41, 5.74) is 2.53. The quantitative estimate of drug-likeness (QED) is 0.659. The van der Waals surface area contributed by atoms with Gasteiger partial charge in [0.1, 0.15) is 0 Å². The lowest BCUT2D eigenvalue weighted by Gasteiger charge is -1.94. The van der Waals surface area contributed by atoms with Gasteiger partial charge in [-0.1, -0.05) is 35.0 Å². The first-order valence-electron chi connectivity index (χ1n) is 5.75. The number of hydrogen-bond donors (Lipinski definition) is 0. The van der Waals surface area contributed by atoms with Crippen LogP contribution in [0, 0.1) is 12.9 Å². The fourth-order valence-electron chi connectivity index (χ4n) is 1.70. The number of halogens is 1. The highest BCUT2D eigenvalue weighted by atomic mass is 19.1. The monoisotopic (exact) mass is 255 g/mol. The van der Waals surface area contributed by atoms with Crippen LogP contribution in [-0.4, -0.2) is 15.1 Å². The molecule has 94 valence electrons. The van der Waals surface area contributed by atoms with Crippen LogP contribution < -0.4 is 0 Å². The van der Waals surface area contributed by atoms with Crippen LogP contribution in [0.5, 0.6) is 0 Å². The summed E-state index contributed by atoms with van der Waals surface area (Å²) < 4.78 is 18.2. The first kappa shape index (κ1) is 11.5. The number of pyridine rings is 1. The van der Waals surface area contributed by atoms with Gasteiger partial charge in [-0.3, -0.25) is 0 Å². The van der Waals surface area contributed by atoms with E-state index in [1.807, 2.05) is 31.2 Å². The Balaban J connectivity index is 1.97. The Hall–Kier alpha value is -2.56. The molecule has 3 aromatic rings. The molecule has 2 heterocycles. The summed E-state index contributed by atoms with van der Waals surface area (Å²) >= 11 is 0. The minimum atomic E-state index is -0.576. The second kappa shape index (κ2) is 4.61. The van der Waals surface area contributed by atoms with Crippen LogP contribution in [0.25, 0.3) is 22.8 Å². The van der Waals surface area contributed by atoms with Gasteiger partial charge in [-0.2, -0.15) is 9.37 Å². The van der Waals surface area contributed by atoms with E-state index in [0.29, 0.717) is 11.4 Å². The smallest absolute Gasteiger partial charge is 0.258 e. The zero-order chi connectivity index (χ0) is 13.2. The van der Waals surface area contributed by atoms with Crippen LogP contribution in [0.1, 0.15) is 5.56 Å². The van der Waals surface area contributed by atoms with Crippen LogP contribution >= 0.6 is 0 Å². The van der Waals surface area contributed by atoms with Crippen molar-refractivity contribution in [2.75, 3.05) is 0 Å². The van der Waals surface area contributed by atoms with E-state index < -0.39 is 5.95 Å². The van der Waals surface area contributed by atoms with Crippen molar-refractivity contribution in [3.63, 3.8) is 0 Å². The summed E-state index contributed by atoms with van der Waals surface area (Å²) in [5, 5.41) is 3.89. The Morgan fingerprint density at radius 2 is 1.84 bits per heavy atom. The second-order valence-electron chi connectivity index (χ2n) is 4.16. The van der Waals surface area contributed by atoms with Crippen LogP contribution in [0.15, 0.2) is 47.1 Å². The van der Waals surface area contributed by atoms with E-state index >= 15 is 0 Å². The Bertz CT molecular complexity index is 707. The van der Waals surface area contributed by atoms with E-state index in [1.165, 1.54) is 12.3 Å². The first-order chi connectivity index (χ1) is 9.22. The molecule has 0 radical (unpaired) electrons. The van der Waals surface area contributed by atoms with Crippen molar-refractivity contribution >= 4 is 0 Å². The van der Waals surface area contributed by atoms with E-state index in [0.717, 1.165) is 11.1 Å². The molecule has 0 atom stereocenters. The average molecular weight is 255 g/mol. The lowest BCUT2D eigenvalue weighted by molar-refractivity contribution is 0.432. The van der Waals surface area contributed by atoms with Crippen molar-refractivity contribution in [1.82, 2.24) is 15.1 Å². The van der Waals surface area contributed by atoms with Crippen molar-refractivity contribution < 1.29 is 8.91 Å². The van der Waals surface area contributed by atoms with Crippen LogP contribution in [0.2, 0.25) is 0 Å². The van der Waals surface area contributed by atoms with Gasteiger partial charge in [0, 0.05) is 23.4 Å². The van der Waals surface area contributed by atoms with Gasteiger partial charge in [0.05, 0.1) is 0 Å². The van der Waals surface area contributed by atoms with Crippen molar-refractivity contribution in [3.05, 3.63) is 54.1 Å². The van der Waals surface area contributed by atoms with Crippen LogP contribution in [0.4, 0.5) is 4.39 Å². The molecule has 0 saturated heterocycles. The van der Waals surface area contributed by atoms with Gasteiger partial charge in [-0.05, 0) is 13.0 Å². The maximum atomic E-state index is 13.0. The van der Waals surface area contributed by atoms with Crippen LogP contribution in [-0.2, 0) is 0 Å². The van der Waals surface area contributed by atoms with E-state index in [4.69, 9.17) is 4.52 Å². The zero-order valence-electron chi connectivity index (χ0n) is 10.2. The molecule has 0 fully saturated rings. The standard InChI is InChI=1S/C14H10FN3O/c1-9-2-4-10(5-3-9)13-17-14(19-18-13)11-6-7-16-12(15)8-11/h2-8H,1H3. The molecular weight excluding hydrogens is 245 g/mol. The SMILES string of the molecule is Cc1ccc(-c2noc(-c3ccnc(F)c3)n2)cc1. The molecule has 0 unspecified atom stereocenters. The third-order valence-corrected chi connectivity index (χ3v) is 2.71. The van der Waals surface area contributed by atoms with Crippen molar-refractivity contribution in [2.45, 2.75) is 6.92 Å². The molecule has 0 aliphatic carbocycles. The van der Waals surface area contributed by atoms with E-state index in [-0.39, 0.29) is 5.89 Å². The third kappa shape index (κ3) is 2.35. The average Bonchev–Trinajstić information content (AvgIpc) is 2.89. The molecule has 0 aliphatic heterocycles. The zero-order valence-corrected chi connectivity index (χ0v) is 10.2. The minimum absolute atomic E-state index is 0.275. The number of hydrogen-bond acceptors (Lipinski definition) is 4. The van der Waals surface area contributed by atoms with E-state index in [2.05, 4.69) is 15.1 Å². The van der Waals surface area contributed by atoms with Gasteiger partial charge in [0.15, 0.2) is 0 Å². The van der Waals surface area contributed by atoms with Gasteiger partial charge in [0.2, 0.25) is 11.8 Å². The van der Waals surface area contributed by atoms with E-state index in [9.17, 15) is 4.39 Å². The molecule has 4 nitrogen and oxygen atoms in total. The molecule has 0 N–H and O–H groups in total. The lowest BCUT2D eigenvalue weighted by Crippen LogP contribution is -1.84. The van der Waals surface area contributed by atoms with Gasteiger partial charge < -0.3 is 4.52 Å². The van der Waals surface area contributed by atoms with Gasteiger partial charge in [-0.25, -0.2) is 4.98 Å². The van der Waals surface area contributed by atoms with Crippen molar-refractivity contribution in [1.29, 1.82) is 0 Å². The summed E-state index contributed by atoms with van der Waals surface area (Å²) in [5.74, 6) is 0.177. The van der Waals surface area contributed by atoms with Gasteiger partial charge >= 0.3 is 0 Å². The summed E-state index contributed by atoms with van der Waals surface area (Å²) in [4.78, 5) is 7.73. The summed E-state index contributed by atoms with van der Waals surface area (Å²) in [7, 11) is 0. The predicted octanol–water partition coefficient (Wildman–Crippen LogP) is 3.25. The number of rotatable bonds is 2. The number of nitrogens with zero attached hydrogens (tertiary/aromatic N) is 3. The molecule has 19 heavy (non-hydrogen) atoms. The Kier molecular flexibility index (Phi) is 2.79. The molecule has 1 aromatic carbocycles. The van der Waals surface area contributed by atoms with Gasteiger partial charge in [-0.15, -0.1) is 0 Å². The highest BCUT2D eigenvalue weighted by Crippen LogP contribution is 2.22. The summed E-state index contributed by atoms with van der Waals surface area (Å²) in [6.45, 7) is 2.01. The molecule has 2 aromatic heterocycles. The molecular formula is C14H10FN3O. The van der Waals surface area contributed by atoms with Crippen molar-refractivity contribution in [2.24, 2.45) is 0 Å². The third-order valence-electron chi connectivity index (χ3n) is 2.71. The Morgan fingerprint density at radius 1 is 1.05 bits per heavy atom. The summed E-state index contributed by atoms with van der Waals surface area (Å²) in [6.07, 6.45) is 1.36. The number of benzene rings is 1. The molecule has 5 heteroatoms. The Labute approximate surface area is 108 Å². The van der Waals surface area contributed by atoms with Crippen molar-refractivity contribution in [3.8, 4) is 22.8 Å². The first-order valence-corrected chi connectivity index (χ1v) is 5.75. The molecule has 0 bridgehead atoms. The fraction of sp³-hybridized carbons (Fsp3) is 0.0714. The lowest BCUT2D eigenvalue weighted by atomic mass is 10.1. The fourth-order valence-corrected chi connectivity index (χ4v) is 1.70. The Morgan fingerprint density at radius 3 is 2.58 bits per heavy atom. The molecule has 0 saturated carbocycles. The second-order valence-corrected chi connectivity index (χ2v) is 4.16. The predicted molar refractivity (Wildman–Crippen MR) is 67.7 cm³/mol. The minimum Gasteiger partial charge on any atom is -0.334 e. The largest absolute Gasteiger partial charge is 0.334 e. The molecule has 0 spiro atoms. The maximum Gasteiger partial charge on any atom is 0.258 e. The molecule has 3 rings (SSSR count). The molecule has 0 aliphatic rings. The number of aromatic nitrogens is 3. The highest BCUT2D eigenvalue weighted by Gasteiger charge is 2.11. The number of aryl methyl sites for hydroxylation is 1. The normalized spacial score (nSPS) is 10.6. The highest BCUT2D eigenvalue weighted by molar-refractivity contribution is 5.59. The molecule has 0 amide bonds. The van der Waals surface area contributed by atoms with E-state index in [1.54, 1.807) is 6.07 Å². The van der Waals surface area contributed by atoms with Gasteiger partial charge in [0.25, 0.3) is 5.89 Å². The topological polar surface area (TPSA) is 51.8 Å².